The van der Waals surface area contributed by atoms with Crippen LogP contribution in [0.4, 0.5) is 13.2 Å². The summed E-state index contributed by atoms with van der Waals surface area (Å²) in [6.07, 6.45) is -0.0662. The molecule has 2 heterocycles. The third kappa shape index (κ3) is 5.32. The van der Waals surface area contributed by atoms with E-state index in [1.807, 2.05) is 13.1 Å². The van der Waals surface area contributed by atoms with Crippen LogP contribution in [0.1, 0.15) is 29.8 Å². The predicted octanol–water partition coefficient (Wildman–Crippen LogP) is 3.07. The first-order valence-corrected chi connectivity index (χ1v) is 8.53. The van der Waals surface area contributed by atoms with Gasteiger partial charge in [0, 0.05) is 25.7 Å². The van der Waals surface area contributed by atoms with Crippen molar-refractivity contribution < 1.29 is 18.0 Å². The highest BCUT2D eigenvalue weighted by molar-refractivity contribution is 9.10. The van der Waals surface area contributed by atoms with E-state index in [1.54, 1.807) is 10.9 Å². The summed E-state index contributed by atoms with van der Waals surface area (Å²) in [6, 6.07) is 0. The first-order valence-electron chi connectivity index (χ1n) is 7.74. The maximum atomic E-state index is 12.8. The van der Waals surface area contributed by atoms with Crippen molar-refractivity contribution in [2.24, 2.45) is 0 Å². The summed E-state index contributed by atoms with van der Waals surface area (Å²) in [6.45, 7) is 4.73. The van der Waals surface area contributed by atoms with Crippen LogP contribution in [-0.2, 0) is 24.1 Å². The number of carbonyl (C=O) groups is 1. The number of rotatable bonds is 7. The van der Waals surface area contributed by atoms with Crippen molar-refractivity contribution in [3.8, 4) is 0 Å². The van der Waals surface area contributed by atoms with Crippen LogP contribution in [0, 0.1) is 13.8 Å². The van der Waals surface area contributed by atoms with Gasteiger partial charge in [-0.15, -0.1) is 0 Å². The zero-order valence-corrected chi connectivity index (χ0v) is 15.5. The molecule has 2 aromatic heterocycles. The van der Waals surface area contributed by atoms with Gasteiger partial charge in [-0.2, -0.15) is 23.4 Å². The van der Waals surface area contributed by atoms with Crippen molar-refractivity contribution in [2.45, 2.75) is 46.0 Å². The number of alkyl halides is 3. The monoisotopic (exact) mass is 421 g/mol. The largest absolute Gasteiger partial charge is 0.436 e. The van der Waals surface area contributed by atoms with Gasteiger partial charge in [-0.05, 0) is 41.8 Å². The summed E-state index contributed by atoms with van der Waals surface area (Å²) < 4.78 is 41.3. The number of carbonyl (C=O) groups excluding carboxylic acids is 1. The maximum absolute atomic E-state index is 12.8. The van der Waals surface area contributed by atoms with Crippen molar-refractivity contribution in [2.75, 3.05) is 6.54 Å². The van der Waals surface area contributed by atoms with E-state index < -0.39 is 11.9 Å². The van der Waals surface area contributed by atoms with Crippen LogP contribution in [0.2, 0.25) is 0 Å². The van der Waals surface area contributed by atoms with E-state index in [9.17, 15) is 18.0 Å². The molecule has 0 aliphatic heterocycles. The van der Waals surface area contributed by atoms with Gasteiger partial charge in [0.15, 0.2) is 5.69 Å². The van der Waals surface area contributed by atoms with Gasteiger partial charge >= 0.3 is 6.18 Å². The molecule has 0 fully saturated rings. The number of aryl methyl sites for hydroxylation is 3. The van der Waals surface area contributed by atoms with E-state index in [0.717, 1.165) is 12.0 Å². The smallest absolute Gasteiger partial charge is 0.356 e. The molecule has 6 nitrogen and oxygen atoms in total. The molecule has 0 aliphatic carbocycles. The fraction of sp³-hybridized carbons (Fsp3) is 0.533. The molecule has 10 heteroatoms. The number of nitrogens with zero attached hydrogens (tertiary/aromatic N) is 4. The Kier molecular flexibility index (Phi) is 6.26. The van der Waals surface area contributed by atoms with Crippen LogP contribution in [0.15, 0.2) is 16.9 Å². The van der Waals surface area contributed by atoms with Crippen molar-refractivity contribution in [1.29, 1.82) is 0 Å². The summed E-state index contributed by atoms with van der Waals surface area (Å²) in [7, 11) is 0. The summed E-state index contributed by atoms with van der Waals surface area (Å²) >= 11 is 2.91. The van der Waals surface area contributed by atoms with Gasteiger partial charge < -0.3 is 5.32 Å². The van der Waals surface area contributed by atoms with Crippen molar-refractivity contribution in [3.05, 3.63) is 33.8 Å². The SMILES string of the molecule is Cc1cnn(CCCNC(=O)CCn2nc(C(F)(F)F)c(Br)c2C)c1. The Balaban J connectivity index is 1.76. The highest BCUT2D eigenvalue weighted by atomic mass is 79.9. The van der Waals surface area contributed by atoms with Crippen LogP contribution in [-0.4, -0.2) is 32.0 Å². The van der Waals surface area contributed by atoms with Gasteiger partial charge in [0.1, 0.15) is 0 Å². The average molecular weight is 422 g/mol. The van der Waals surface area contributed by atoms with Crippen LogP contribution in [0.5, 0.6) is 0 Å². The molecule has 1 N–H and O–H groups in total. The van der Waals surface area contributed by atoms with Crippen molar-refractivity contribution in [3.63, 3.8) is 0 Å². The number of hydrogen-bond acceptors (Lipinski definition) is 3. The third-order valence-corrected chi connectivity index (χ3v) is 4.55. The first-order chi connectivity index (χ1) is 11.7. The number of halogens is 4. The van der Waals surface area contributed by atoms with E-state index in [1.165, 1.54) is 11.6 Å². The molecule has 2 rings (SSSR count). The summed E-state index contributed by atoms with van der Waals surface area (Å²) in [4.78, 5) is 11.8. The Morgan fingerprint density at radius 1 is 1.32 bits per heavy atom. The van der Waals surface area contributed by atoms with Crippen LogP contribution in [0.25, 0.3) is 0 Å². The minimum absolute atomic E-state index is 0.0626. The van der Waals surface area contributed by atoms with E-state index >= 15 is 0 Å². The third-order valence-electron chi connectivity index (χ3n) is 3.60. The molecular weight excluding hydrogens is 403 g/mol. The normalized spacial score (nSPS) is 11.8. The first kappa shape index (κ1) is 19.5. The van der Waals surface area contributed by atoms with Crippen molar-refractivity contribution >= 4 is 21.8 Å². The zero-order chi connectivity index (χ0) is 18.6. The van der Waals surface area contributed by atoms with Gasteiger partial charge in [-0.3, -0.25) is 14.2 Å². The van der Waals surface area contributed by atoms with Gasteiger partial charge in [-0.25, -0.2) is 0 Å². The molecular formula is C15H19BrF3N5O. The minimum atomic E-state index is -4.53. The Labute approximate surface area is 151 Å². The topological polar surface area (TPSA) is 64.7 Å². The highest BCUT2D eigenvalue weighted by Gasteiger charge is 2.37. The lowest BCUT2D eigenvalue weighted by Gasteiger charge is -2.07. The standard InChI is InChI=1S/C15H19BrF3N5O/c1-10-8-21-23(9-10)6-3-5-20-12(25)4-7-24-11(2)13(16)14(22-24)15(17,18)19/h8-9H,3-7H2,1-2H3,(H,20,25). The molecule has 0 aromatic carbocycles. The lowest BCUT2D eigenvalue weighted by atomic mass is 10.3. The average Bonchev–Trinajstić information content (AvgIpc) is 3.06. The minimum Gasteiger partial charge on any atom is -0.356 e. The molecule has 0 bridgehead atoms. The van der Waals surface area contributed by atoms with Gasteiger partial charge in [0.2, 0.25) is 5.91 Å². The molecule has 0 atom stereocenters. The van der Waals surface area contributed by atoms with Crippen LogP contribution >= 0.6 is 15.9 Å². The lowest BCUT2D eigenvalue weighted by Crippen LogP contribution is -2.26. The molecule has 0 spiro atoms. The predicted molar refractivity (Wildman–Crippen MR) is 88.9 cm³/mol. The van der Waals surface area contributed by atoms with Crippen LogP contribution in [0.3, 0.4) is 0 Å². The molecule has 1 amide bonds. The lowest BCUT2D eigenvalue weighted by molar-refractivity contribution is -0.142. The van der Waals surface area contributed by atoms with Gasteiger partial charge in [0.05, 0.1) is 22.9 Å². The van der Waals surface area contributed by atoms with E-state index in [-0.39, 0.29) is 23.3 Å². The summed E-state index contributed by atoms with van der Waals surface area (Å²) in [5.74, 6) is -0.226. The molecule has 2 aromatic rings. The number of nitrogens with one attached hydrogen (secondary N) is 1. The molecule has 0 saturated heterocycles. The highest BCUT2D eigenvalue weighted by Crippen LogP contribution is 2.35. The molecule has 25 heavy (non-hydrogen) atoms. The Morgan fingerprint density at radius 2 is 2.04 bits per heavy atom. The summed E-state index contributed by atoms with van der Waals surface area (Å²) in [5.41, 5.74) is 0.442. The Bertz CT molecular complexity index is 738. The number of amides is 1. The second-order valence-electron chi connectivity index (χ2n) is 5.70. The summed E-state index contributed by atoms with van der Waals surface area (Å²) in [5, 5.41) is 10.4. The molecule has 0 radical (unpaired) electrons. The fourth-order valence-electron chi connectivity index (χ4n) is 2.28. The number of hydrogen-bond donors (Lipinski definition) is 1. The molecule has 0 unspecified atom stereocenters. The van der Waals surface area contributed by atoms with Crippen molar-refractivity contribution in [1.82, 2.24) is 24.9 Å². The quantitative estimate of drug-likeness (QED) is 0.698. The zero-order valence-electron chi connectivity index (χ0n) is 13.9. The molecule has 0 saturated carbocycles. The van der Waals surface area contributed by atoms with Gasteiger partial charge in [-0.1, -0.05) is 0 Å². The second kappa shape index (κ2) is 8.03. The number of aromatic nitrogens is 4. The molecule has 138 valence electrons. The van der Waals surface area contributed by atoms with E-state index in [0.29, 0.717) is 18.8 Å². The van der Waals surface area contributed by atoms with E-state index in [4.69, 9.17) is 0 Å². The Morgan fingerprint density at radius 3 is 2.60 bits per heavy atom. The molecule has 0 aliphatic rings. The fourth-order valence-corrected chi connectivity index (χ4v) is 2.79. The Hall–Kier alpha value is -1.84. The van der Waals surface area contributed by atoms with Crippen LogP contribution < -0.4 is 5.32 Å². The van der Waals surface area contributed by atoms with E-state index in [2.05, 4.69) is 31.4 Å². The van der Waals surface area contributed by atoms with Gasteiger partial charge in [0.25, 0.3) is 0 Å². The maximum Gasteiger partial charge on any atom is 0.436 e. The second-order valence-corrected chi connectivity index (χ2v) is 6.50.